The molecule has 1 saturated heterocycles. The van der Waals surface area contributed by atoms with Gasteiger partial charge in [-0.3, -0.25) is 10.1 Å². The monoisotopic (exact) mass is 294 g/mol. The number of benzene rings is 1. The van der Waals surface area contributed by atoms with Gasteiger partial charge in [-0.25, -0.2) is 0 Å². The number of aliphatic hydroxyl groups excluding tert-OH is 1. The molecular weight excluding hydrogens is 272 g/mol. The van der Waals surface area contributed by atoms with E-state index in [4.69, 9.17) is 4.74 Å². The molecule has 2 unspecified atom stereocenters. The second-order valence-electron chi connectivity index (χ2n) is 5.39. The molecule has 2 rings (SSSR count). The number of aliphatic hydroxyl groups is 1. The lowest BCUT2D eigenvalue weighted by atomic mass is 10.1. The molecule has 0 amide bonds. The van der Waals surface area contributed by atoms with Crippen molar-refractivity contribution in [3.63, 3.8) is 0 Å². The van der Waals surface area contributed by atoms with Gasteiger partial charge in [0, 0.05) is 12.6 Å². The Labute approximate surface area is 124 Å². The van der Waals surface area contributed by atoms with Crippen molar-refractivity contribution in [2.24, 2.45) is 0 Å². The predicted molar refractivity (Wildman–Crippen MR) is 80.9 cm³/mol. The second kappa shape index (κ2) is 6.76. The van der Waals surface area contributed by atoms with Gasteiger partial charge in [-0.15, -0.1) is 0 Å². The first-order valence-electron chi connectivity index (χ1n) is 7.39. The fourth-order valence-corrected chi connectivity index (χ4v) is 2.99. The summed E-state index contributed by atoms with van der Waals surface area (Å²) < 4.78 is 5.40. The van der Waals surface area contributed by atoms with Crippen LogP contribution in [-0.2, 0) is 0 Å². The van der Waals surface area contributed by atoms with E-state index in [9.17, 15) is 15.2 Å². The smallest absolute Gasteiger partial charge is 0.333 e. The predicted octanol–water partition coefficient (Wildman–Crippen LogP) is 2.73. The average Bonchev–Trinajstić information content (AvgIpc) is 2.85. The van der Waals surface area contributed by atoms with Crippen LogP contribution in [0.3, 0.4) is 0 Å². The van der Waals surface area contributed by atoms with E-state index in [-0.39, 0.29) is 16.7 Å². The highest BCUT2D eigenvalue weighted by Gasteiger charge is 2.32. The van der Waals surface area contributed by atoms with Crippen molar-refractivity contribution < 1.29 is 14.8 Å². The van der Waals surface area contributed by atoms with Crippen LogP contribution in [-0.4, -0.2) is 35.3 Å². The maximum atomic E-state index is 11.5. The van der Waals surface area contributed by atoms with Crippen LogP contribution < -0.4 is 9.64 Å². The first kappa shape index (κ1) is 15.6. The molecule has 0 aliphatic carbocycles. The summed E-state index contributed by atoms with van der Waals surface area (Å²) in [5, 5.41) is 21.1. The lowest BCUT2D eigenvalue weighted by Crippen LogP contribution is -2.32. The zero-order valence-corrected chi connectivity index (χ0v) is 12.5. The van der Waals surface area contributed by atoms with Gasteiger partial charge >= 0.3 is 5.69 Å². The van der Waals surface area contributed by atoms with Crippen LogP contribution in [0, 0.1) is 10.1 Å². The molecule has 1 aromatic rings. The van der Waals surface area contributed by atoms with E-state index in [1.54, 1.807) is 25.1 Å². The van der Waals surface area contributed by atoms with Gasteiger partial charge in [0.05, 0.1) is 17.6 Å². The minimum atomic E-state index is -0.412. The summed E-state index contributed by atoms with van der Waals surface area (Å²) in [6.45, 7) is 4.72. The summed E-state index contributed by atoms with van der Waals surface area (Å²) in [7, 11) is 0. The summed E-state index contributed by atoms with van der Waals surface area (Å²) in [4.78, 5) is 13.1. The molecule has 6 nitrogen and oxygen atoms in total. The molecule has 0 aromatic heterocycles. The Kier molecular flexibility index (Phi) is 5.01. The van der Waals surface area contributed by atoms with Crippen LogP contribution in [0.25, 0.3) is 0 Å². The summed E-state index contributed by atoms with van der Waals surface area (Å²) >= 11 is 0. The molecular formula is C15H22N2O4. The zero-order chi connectivity index (χ0) is 15.4. The minimum absolute atomic E-state index is 0.0249. The summed E-state index contributed by atoms with van der Waals surface area (Å²) in [5.74, 6) is 0.308. The molecule has 1 aliphatic rings. The van der Waals surface area contributed by atoms with Gasteiger partial charge in [0.2, 0.25) is 0 Å². The van der Waals surface area contributed by atoms with Crippen LogP contribution in [0.5, 0.6) is 5.75 Å². The van der Waals surface area contributed by atoms with Crippen molar-refractivity contribution in [1.82, 2.24) is 0 Å². The maximum absolute atomic E-state index is 11.5. The van der Waals surface area contributed by atoms with Crippen LogP contribution in [0.2, 0.25) is 0 Å². The number of ether oxygens (including phenoxy) is 1. The number of hydrogen-bond acceptors (Lipinski definition) is 5. The Bertz CT molecular complexity index is 504. The Morgan fingerprint density at radius 3 is 2.95 bits per heavy atom. The van der Waals surface area contributed by atoms with Gasteiger partial charge in [0.25, 0.3) is 0 Å². The first-order valence-corrected chi connectivity index (χ1v) is 7.39. The largest absolute Gasteiger partial charge is 0.487 e. The van der Waals surface area contributed by atoms with Crippen LogP contribution >= 0.6 is 0 Å². The highest BCUT2D eigenvalue weighted by atomic mass is 16.6. The van der Waals surface area contributed by atoms with Crippen LogP contribution in [0.15, 0.2) is 18.2 Å². The molecule has 1 aromatic carbocycles. The molecule has 0 bridgehead atoms. The molecule has 1 aliphatic heterocycles. The van der Waals surface area contributed by atoms with Crippen molar-refractivity contribution >= 4 is 11.4 Å². The van der Waals surface area contributed by atoms with E-state index in [0.717, 1.165) is 19.4 Å². The fourth-order valence-electron chi connectivity index (χ4n) is 2.99. The summed E-state index contributed by atoms with van der Waals surface area (Å²) in [5.41, 5.74) is 0.617. The summed E-state index contributed by atoms with van der Waals surface area (Å²) in [6, 6.07) is 5.32. The van der Waals surface area contributed by atoms with Crippen molar-refractivity contribution in [1.29, 1.82) is 0 Å². The molecule has 1 fully saturated rings. The van der Waals surface area contributed by atoms with Crippen LogP contribution in [0.4, 0.5) is 11.4 Å². The molecule has 6 heteroatoms. The molecule has 2 atom stereocenters. The third kappa shape index (κ3) is 3.44. The Balaban J connectivity index is 2.38. The molecule has 1 N–H and O–H groups in total. The van der Waals surface area contributed by atoms with E-state index in [0.29, 0.717) is 24.5 Å². The van der Waals surface area contributed by atoms with Crippen molar-refractivity contribution in [2.45, 2.75) is 45.3 Å². The molecule has 0 saturated carbocycles. The molecule has 0 radical (unpaired) electrons. The molecule has 1 heterocycles. The number of nitrogens with zero attached hydrogens (tertiary/aromatic N) is 2. The van der Waals surface area contributed by atoms with Gasteiger partial charge in [0.15, 0.2) is 5.75 Å². The lowest BCUT2D eigenvalue weighted by molar-refractivity contribution is -0.385. The number of anilines is 1. The van der Waals surface area contributed by atoms with Gasteiger partial charge in [-0.2, -0.15) is 0 Å². The van der Waals surface area contributed by atoms with E-state index in [1.165, 1.54) is 0 Å². The normalized spacial score (nSPS) is 19.6. The SMILES string of the molecule is CCOc1cccc(N2CCCC2CC(C)O)c1[N+](=O)[O-]. The number of para-hydroxylation sites is 1. The number of nitro benzene ring substituents is 1. The van der Waals surface area contributed by atoms with E-state index < -0.39 is 6.10 Å². The molecule has 116 valence electrons. The Morgan fingerprint density at radius 1 is 1.57 bits per heavy atom. The minimum Gasteiger partial charge on any atom is -0.487 e. The highest BCUT2D eigenvalue weighted by Crippen LogP contribution is 2.40. The summed E-state index contributed by atoms with van der Waals surface area (Å²) in [6.07, 6.45) is 2.13. The fraction of sp³-hybridized carbons (Fsp3) is 0.600. The highest BCUT2D eigenvalue weighted by molar-refractivity contribution is 5.70. The number of rotatable bonds is 6. The topological polar surface area (TPSA) is 75.8 Å². The van der Waals surface area contributed by atoms with Gasteiger partial charge in [-0.1, -0.05) is 6.07 Å². The van der Waals surface area contributed by atoms with Gasteiger partial charge in [0.1, 0.15) is 5.69 Å². The number of nitro groups is 1. The van der Waals surface area contributed by atoms with Crippen molar-refractivity contribution in [2.75, 3.05) is 18.1 Å². The third-order valence-corrected chi connectivity index (χ3v) is 3.76. The maximum Gasteiger partial charge on any atom is 0.333 e. The van der Waals surface area contributed by atoms with Crippen molar-refractivity contribution in [3.8, 4) is 5.75 Å². The number of hydrogen-bond donors (Lipinski definition) is 1. The van der Waals surface area contributed by atoms with Crippen molar-refractivity contribution in [3.05, 3.63) is 28.3 Å². The molecule has 21 heavy (non-hydrogen) atoms. The third-order valence-electron chi connectivity index (χ3n) is 3.76. The zero-order valence-electron chi connectivity index (χ0n) is 12.5. The second-order valence-corrected chi connectivity index (χ2v) is 5.39. The van der Waals surface area contributed by atoms with Crippen LogP contribution in [0.1, 0.15) is 33.1 Å². The molecule has 0 spiro atoms. The Morgan fingerprint density at radius 2 is 2.33 bits per heavy atom. The lowest BCUT2D eigenvalue weighted by Gasteiger charge is -2.27. The van der Waals surface area contributed by atoms with E-state index in [1.807, 2.05) is 11.8 Å². The van der Waals surface area contributed by atoms with E-state index >= 15 is 0 Å². The Hall–Kier alpha value is -1.82. The standard InChI is InChI=1S/C15H22N2O4/c1-3-21-14-8-4-7-13(15(14)17(19)20)16-9-5-6-12(16)10-11(2)18/h4,7-8,11-12,18H,3,5-6,9-10H2,1-2H3. The quantitative estimate of drug-likeness (QED) is 0.645. The van der Waals surface area contributed by atoms with E-state index in [2.05, 4.69) is 0 Å². The van der Waals surface area contributed by atoms with Gasteiger partial charge in [-0.05, 0) is 45.2 Å². The van der Waals surface area contributed by atoms with Gasteiger partial charge < -0.3 is 14.7 Å². The average molecular weight is 294 g/mol. The first-order chi connectivity index (χ1) is 10.0.